The molecule has 0 unspecified atom stereocenters. The summed E-state index contributed by atoms with van der Waals surface area (Å²) in [6.45, 7) is 6.73. The zero-order valence-electron chi connectivity index (χ0n) is 8.04. The van der Waals surface area contributed by atoms with Crippen molar-refractivity contribution in [1.29, 1.82) is 0 Å². The topological polar surface area (TPSA) is 72.5 Å². The quantitative estimate of drug-likeness (QED) is 0.607. The van der Waals surface area contributed by atoms with Crippen molar-refractivity contribution in [2.75, 3.05) is 13.2 Å². The fourth-order valence-corrected chi connectivity index (χ4v) is 0.236. The number of aliphatic hydroxyl groups excluding tert-OH is 1. The van der Waals surface area contributed by atoms with Gasteiger partial charge in [0.1, 0.15) is 5.60 Å². The predicted octanol–water partition coefficient (Wildman–Crippen LogP) is 0.285. The predicted molar refractivity (Wildman–Crippen MR) is 47.7 cm³/mol. The summed E-state index contributed by atoms with van der Waals surface area (Å²) in [7, 11) is 0. The van der Waals surface area contributed by atoms with E-state index in [0.29, 0.717) is 13.0 Å². The minimum atomic E-state index is -0.318. The van der Waals surface area contributed by atoms with Crippen molar-refractivity contribution in [3.8, 4) is 0 Å². The molecule has 0 aliphatic carbocycles. The maximum atomic E-state index is 9.60. The molecule has 0 saturated carbocycles. The van der Waals surface area contributed by atoms with Gasteiger partial charge in [0.05, 0.1) is 0 Å². The highest BCUT2D eigenvalue weighted by Gasteiger charge is 2.07. The Morgan fingerprint density at radius 2 is 2.00 bits per heavy atom. The van der Waals surface area contributed by atoms with E-state index >= 15 is 0 Å². The Hall–Kier alpha value is -0.610. The molecule has 0 aliphatic rings. The van der Waals surface area contributed by atoms with Crippen molar-refractivity contribution in [3.63, 3.8) is 0 Å². The molecular weight excluding hydrogens is 158 g/mol. The van der Waals surface area contributed by atoms with Gasteiger partial charge in [0.25, 0.3) is 6.47 Å². The third-order valence-corrected chi connectivity index (χ3v) is 0.764. The van der Waals surface area contributed by atoms with Crippen LogP contribution in [0.2, 0.25) is 0 Å². The average molecular weight is 177 g/mol. The number of carbonyl (C=O) groups is 1. The van der Waals surface area contributed by atoms with Gasteiger partial charge in [-0.3, -0.25) is 4.79 Å². The second-order valence-electron chi connectivity index (χ2n) is 3.19. The Bertz CT molecular complexity index is 97.0. The van der Waals surface area contributed by atoms with E-state index in [1.165, 1.54) is 0 Å². The molecule has 74 valence electrons. The van der Waals surface area contributed by atoms with Crippen molar-refractivity contribution >= 4 is 6.47 Å². The van der Waals surface area contributed by atoms with Gasteiger partial charge in [-0.25, -0.2) is 0 Å². The highest BCUT2D eigenvalue weighted by molar-refractivity contribution is 5.37. The first-order valence-corrected chi connectivity index (χ1v) is 3.90. The highest BCUT2D eigenvalue weighted by Crippen LogP contribution is 2.02. The van der Waals surface area contributed by atoms with Crippen LogP contribution in [0.25, 0.3) is 0 Å². The van der Waals surface area contributed by atoms with Crippen LogP contribution < -0.4 is 5.73 Å². The Morgan fingerprint density at radius 3 is 2.00 bits per heavy atom. The Balaban J connectivity index is 0. The molecule has 0 spiro atoms. The number of carbonyl (C=O) groups excluding carboxylic acids is 1. The van der Waals surface area contributed by atoms with Crippen LogP contribution in [-0.2, 0) is 9.53 Å². The smallest absolute Gasteiger partial charge is 0.293 e. The molecule has 4 heteroatoms. The average Bonchev–Trinajstić information content (AvgIpc) is 1.87. The molecule has 0 fully saturated rings. The van der Waals surface area contributed by atoms with Crippen LogP contribution in [0.5, 0.6) is 0 Å². The first-order chi connectivity index (χ1) is 5.47. The van der Waals surface area contributed by atoms with Gasteiger partial charge in [-0.15, -0.1) is 0 Å². The summed E-state index contributed by atoms with van der Waals surface area (Å²) in [4.78, 5) is 9.60. The van der Waals surface area contributed by atoms with E-state index in [2.05, 4.69) is 4.74 Å². The molecule has 12 heavy (non-hydrogen) atoms. The summed E-state index contributed by atoms with van der Waals surface area (Å²) < 4.78 is 4.55. The second kappa shape index (κ2) is 8.49. The Kier molecular flexibility index (Phi) is 9.86. The summed E-state index contributed by atoms with van der Waals surface area (Å²) in [5, 5.41) is 7.99. The van der Waals surface area contributed by atoms with E-state index < -0.39 is 0 Å². The Labute approximate surface area is 73.7 Å². The monoisotopic (exact) mass is 177 g/mol. The number of aliphatic hydroxyl groups is 1. The molecule has 0 atom stereocenters. The summed E-state index contributed by atoms with van der Waals surface area (Å²) >= 11 is 0. The molecular formula is C8H19NO3. The van der Waals surface area contributed by atoms with Gasteiger partial charge < -0.3 is 15.6 Å². The molecule has 4 nitrogen and oxygen atoms in total. The van der Waals surface area contributed by atoms with Crippen LogP contribution >= 0.6 is 0 Å². The first kappa shape index (κ1) is 13.9. The maximum absolute atomic E-state index is 9.60. The summed E-state index contributed by atoms with van der Waals surface area (Å²) in [5.74, 6) is 0. The highest BCUT2D eigenvalue weighted by atomic mass is 16.5. The molecule has 0 saturated heterocycles. The number of hydrogen-bond acceptors (Lipinski definition) is 4. The van der Waals surface area contributed by atoms with Gasteiger partial charge in [0.15, 0.2) is 0 Å². The lowest BCUT2D eigenvalue weighted by Crippen LogP contribution is -2.17. The third kappa shape index (κ3) is 22.8. The molecule has 0 aromatic carbocycles. The Morgan fingerprint density at radius 1 is 1.50 bits per heavy atom. The standard InChI is InChI=1S/C5H10O2.C3H9NO/c1-5(2,3)7-4-6;4-2-1-3-5/h4H,1-3H3;5H,1-4H2. The van der Waals surface area contributed by atoms with Crippen molar-refractivity contribution in [2.24, 2.45) is 5.73 Å². The molecule has 0 heterocycles. The van der Waals surface area contributed by atoms with Gasteiger partial charge in [-0.05, 0) is 33.7 Å². The molecule has 0 rings (SSSR count). The lowest BCUT2D eigenvalue weighted by Gasteiger charge is -2.14. The van der Waals surface area contributed by atoms with Gasteiger partial charge in [0.2, 0.25) is 0 Å². The normalized spacial score (nSPS) is 9.75. The molecule has 0 bridgehead atoms. The fourth-order valence-electron chi connectivity index (χ4n) is 0.236. The van der Waals surface area contributed by atoms with Crippen LogP contribution in [0.4, 0.5) is 0 Å². The van der Waals surface area contributed by atoms with Crippen molar-refractivity contribution in [1.82, 2.24) is 0 Å². The molecule has 3 N–H and O–H groups in total. The van der Waals surface area contributed by atoms with Crippen molar-refractivity contribution < 1.29 is 14.6 Å². The van der Waals surface area contributed by atoms with E-state index in [1.807, 2.05) is 20.8 Å². The lowest BCUT2D eigenvalue weighted by molar-refractivity contribution is -0.138. The number of ether oxygens (including phenoxy) is 1. The van der Waals surface area contributed by atoms with Gasteiger partial charge in [-0.1, -0.05) is 0 Å². The molecule has 0 amide bonds. The molecule has 0 radical (unpaired) electrons. The van der Waals surface area contributed by atoms with Crippen LogP contribution in [0, 0.1) is 0 Å². The van der Waals surface area contributed by atoms with Gasteiger partial charge >= 0.3 is 0 Å². The zero-order chi connectivity index (χ0) is 10.0. The van der Waals surface area contributed by atoms with Crippen LogP contribution in [-0.4, -0.2) is 30.3 Å². The largest absolute Gasteiger partial charge is 0.462 e. The third-order valence-electron chi connectivity index (χ3n) is 0.764. The first-order valence-electron chi connectivity index (χ1n) is 3.90. The van der Waals surface area contributed by atoms with Crippen molar-refractivity contribution in [2.45, 2.75) is 32.8 Å². The van der Waals surface area contributed by atoms with Crippen LogP contribution in [0.3, 0.4) is 0 Å². The van der Waals surface area contributed by atoms with Crippen LogP contribution in [0.15, 0.2) is 0 Å². The number of rotatable bonds is 3. The molecule has 0 aliphatic heterocycles. The van der Waals surface area contributed by atoms with Crippen LogP contribution in [0.1, 0.15) is 27.2 Å². The zero-order valence-corrected chi connectivity index (χ0v) is 8.04. The minimum absolute atomic E-state index is 0.219. The van der Waals surface area contributed by atoms with Crippen molar-refractivity contribution in [3.05, 3.63) is 0 Å². The van der Waals surface area contributed by atoms with E-state index in [0.717, 1.165) is 6.42 Å². The SMILES string of the molecule is CC(C)(C)OC=O.NCCCO. The van der Waals surface area contributed by atoms with E-state index in [1.54, 1.807) is 0 Å². The second-order valence-corrected chi connectivity index (χ2v) is 3.19. The lowest BCUT2D eigenvalue weighted by atomic mass is 10.2. The summed E-state index contributed by atoms with van der Waals surface area (Å²) in [5.41, 5.74) is 4.66. The van der Waals surface area contributed by atoms with Gasteiger partial charge in [0, 0.05) is 6.61 Å². The molecule has 0 aromatic heterocycles. The van der Waals surface area contributed by atoms with E-state index in [4.69, 9.17) is 10.8 Å². The van der Waals surface area contributed by atoms with E-state index in [-0.39, 0.29) is 12.2 Å². The maximum Gasteiger partial charge on any atom is 0.293 e. The number of nitrogens with two attached hydrogens (primary N) is 1. The summed E-state index contributed by atoms with van der Waals surface area (Å²) in [6.07, 6.45) is 0.722. The summed E-state index contributed by atoms with van der Waals surface area (Å²) in [6, 6.07) is 0. The van der Waals surface area contributed by atoms with Gasteiger partial charge in [-0.2, -0.15) is 0 Å². The van der Waals surface area contributed by atoms with E-state index in [9.17, 15) is 4.79 Å². The fraction of sp³-hybridized carbons (Fsp3) is 0.875. The minimum Gasteiger partial charge on any atom is -0.462 e. The molecule has 0 aromatic rings. The number of hydrogen-bond donors (Lipinski definition) is 2.